The van der Waals surface area contributed by atoms with Crippen LogP contribution >= 0.6 is 0 Å². The molecule has 21 heavy (non-hydrogen) atoms. The minimum Gasteiger partial charge on any atom is -0.477 e. The van der Waals surface area contributed by atoms with Crippen molar-refractivity contribution in [3.05, 3.63) is 65.0 Å². The Morgan fingerprint density at radius 2 is 2.10 bits per heavy atom. The van der Waals surface area contributed by atoms with Gasteiger partial charge in [-0.3, -0.25) is 4.79 Å². The fourth-order valence-corrected chi connectivity index (χ4v) is 1.67. The summed E-state index contributed by atoms with van der Waals surface area (Å²) in [4.78, 5) is 26.4. The average molecular weight is 281 g/mol. The summed E-state index contributed by atoms with van der Waals surface area (Å²) in [6.45, 7) is 0.225. The zero-order valence-electron chi connectivity index (χ0n) is 10.9. The number of nitrogens with one attached hydrogen (secondary N) is 1. The monoisotopic (exact) mass is 281 g/mol. The van der Waals surface area contributed by atoms with Crippen molar-refractivity contribution in [2.45, 2.75) is 6.54 Å². The van der Waals surface area contributed by atoms with Gasteiger partial charge in [-0.1, -0.05) is 12.1 Å². The van der Waals surface area contributed by atoms with Crippen molar-refractivity contribution in [3.8, 4) is 6.07 Å². The molecule has 0 spiro atoms. The third kappa shape index (κ3) is 3.64. The molecule has 0 aliphatic rings. The van der Waals surface area contributed by atoms with Gasteiger partial charge in [0.05, 0.1) is 11.6 Å². The molecular formula is C15H11N3O3. The minimum atomic E-state index is -1.10. The van der Waals surface area contributed by atoms with Crippen molar-refractivity contribution in [2.24, 2.45) is 0 Å². The molecule has 0 bridgehead atoms. The van der Waals surface area contributed by atoms with Gasteiger partial charge in [0.15, 0.2) is 0 Å². The molecular weight excluding hydrogens is 270 g/mol. The molecule has 1 heterocycles. The number of aromatic carboxylic acids is 1. The van der Waals surface area contributed by atoms with Crippen LogP contribution in [0.2, 0.25) is 0 Å². The molecule has 104 valence electrons. The highest BCUT2D eigenvalue weighted by molar-refractivity contribution is 5.94. The number of carboxylic acid groups (broad SMARTS) is 1. The van der Waals surface area contributed by atoms with Crippen LogP contribution in [0, 0.1) is 11.3 Å². The summed E-state index contributed by atoms with van der Waals surface area (Å²) in [5, 5.41) is 20.2. The molecule has 2 aromatic rings. The van der Waals surface area contributed by atoms with E-state index < -0.39 is 5.97 Å². The van der Waals surface area contributed by atoms with E-state index in [9.17, 15) is 9.59 Å². The van der Waals surface area contributed by atoms with Gasteiger partial charge in [0.1, 0.15) is 5.69 Å². The van der Waals surface area contributed by atoms with Gasteiger partial charge < -0.3 is 10.4 Å². The largest absolute Gasteiger partial charge is 0.477 e. The predicted molar refractivity (Wildman–Crippen MR) is 73.5 cm³/mol. The molecule has 0 radical (unpaired) electrons. The van der Waals surface area contributed by atoms with Crippen molar-refractivity contribution < 1.29 is 14.7 Å². The molecule has 6 heteroatoms. The topological polar surface area (TPSA) is 103 Å². The average Bonchev–Trinajstić information content (AvgIpc) is 2.53. The highest BCUT2D eigenvalue weighted by Gasteiger charge is 2.07. The summed E-state index contributed by atoms with van der Waals surface area (Å²) in [6, 6.07) is 11.3. The fraction of sp³-hybridized carbons (Fsp3) is 0.0667. The summed E-state index contributed by atoms with van der Waals surface area (Å²) in [7, 11) is 0. The number of pyridine rings is 1. The predicted octanol–water partition coefficient (Wildman–Crippen LogP) is 1.58. The van der Waals surface area contributed by atoms with Crippen LogP contribution in [-0.2, 0) is 6.54 Å². The maximum absolute atomic E-state index is 11.9. The molecule has 0 saturated heterocycles. The Kier molecular flexibility index (Phi) is 4.26. The third-order valence-electron chi connectivity index (χ3n) is 2.75. The van der Waals surface area contributed by atoms with Gasteiger partial charge in [0.2, 0.25) is 0 Å². The molecule has 2 rings (SSSR count). The maximum atomic E-state index is 11.9. The number of nitrogens with zero attached hydrogens (tertiary/aromatic N) is 2. The van der Waals surface area contributed by atoms with Gasteiger partial charge in [-0.25, -0.2) is 9.78 Å². The zero-order chi connectivity index (χ0) is 15.2. The first kappa shape index (κ1) is 14.2. The van der Waals surface area contributed by atoms with Gasteiger partial charge in [-0.05, 0) is 29.8 Å². The molecule has 0 aliphatic heterocycles. The lowest BCUT2D eigenvalue weighted by Crippen LogP contribution is -2.23. The Hall–Kier alpha value is -3.20. The lowest BCUT2D eigenvalue weighted by Gasteiger charge is -2.05. The van der Waals surface area contributed by atoms with E-state index in [-0.39, 0.29) is 18.1 Å². The number of nitriles is 1. The van der Waals surface area contributed by atoms with Crippen molar-refractivity contribution in [1.82, 2.24) is 10.3 Å². The van der Waals surface area contributed by atoms with Crippen LogP contribution in [0.1, 0.15) is 32.0 Å². The van der Waals surface area contributed by atoms with E-state index in [2.05, 4.69) is 10.3 Å². The number of aromatic nitrogens is 1. The molecule has 0 unspecified atom stereocenters. The second-order valence-electron chi connectivity index (χ2n) is 4.23. The quantitative estimate of drug-likeness (QED) is 0.885. The standard InChI is InChI=1S/C15H11N3O3/c16-7-10-2-1-3-12(6-10)14(19)18-9-11-4-5-13(15(20)21)17-8-11/h1-6,8H,9H2,(H,18,19)(H,20,21). The number of benzene rings is 1. The number of carbonyl (C=O) groups excluding carboxylic acids is 1. The Morgan fingerprint density at radius 1 is 1.29 bits per heavy atom. The minimum absolute atomic E-state index is 0.0493. The van der Waals surface area contributed by atoms with Crippen LogP contribution in [0.15, 0.2) is 42.6 Å². The number of carbonyl (C=O) groups is 2. The van der Waals surface area contributed by atoms with Gasteiger partial charge in [0, 0.05) is 18.3 Å². The summed E-state index contributed by atoms with van der Waals surface area (Å²) >= 11 is 0. The lowest BCUT2D eigenvalue weighted by atomic mass is 10.1. The number of amides is 1. The number of rotatable bonds is 4. The van der Waals surface area contributed by atoms with E-state index >= 15 is 0 Å². The maximum Gasteiger partial charge on any atom is 0.354 e. The molecule has 1 aromatic carbocycles. The van der Waals surface area contributed by atoms with Crippen LogP contribution in [0.5, 0.6) is 0 Å². The summed E-state index contributed by atoms with van der Waals surface area (Å²) in [5.41, 5.74) is 1.44. The van der Waals surface area contributed by atoms with Crippen LogP contribution < -0.4 is 5.32 Å². The Balaban J connectivity index is 2.00. The molecule has 0 aliphatic carbocycles. The van der Waals surface area contributed by atoms with Crippen LogP contribution in [-0.4, -0.2) is 22.0 Å². The smallest absolute Gasteiger partial charge is 0.354 e. The fourth-order valence-electron chi connectivity index (χ4n) is 1.67. The summed E-state index contributed by atoms with van der Waals surface area (Å²) in [5.74, 6) is -1.41. The van der Waals surface area contributed by atoms with Gasteiger partial charge >= 0.3 is 5.97 Å². The molecule has 0 fully saturated rings. The molecule has 1 amide bonds. The number of hydrogen-bond donors (Lipinski definition) is 2. The van der Waals surface area contributed by atoms with Gasteiger partial charge in [-0.15, -0.1) is 0 Å². The van der Waals surface area contributed by atoms with Gasteiger partial charge in [0.25, 0.3) is 5.91 Å². The van der Waals surface area contributed by atoms with Crippen LogP contribution in [0.3, 0.4) is 0 Å². The summed E-state index contributed by atoms with van der Waals surface area (Å²) in [6.07, 6.45) is 1.40. The van der Waals surface area contributed by atoms with E-state index in [1.54, 1.807) is 24.3 Å². The van der Waals surface area contributed by atoms with Crippen molar-refractivity contribution in [3.63, 3.8) is 0 Å². The zero-order valence-corrected chi connectivity index (χ0v) is 10.9. The van der Waals surface area contributed by atoms with E-state index in [1.165, 1.54) is 18.3 Å². The Labute approximate surface area is 120 Å². The van der Waals surface area contributed by atoms with Crippen molar-refractivity contribution in [2.75, 3.05) is 0 Å². The molecule has 2 N–H and O–H groups in total. The van der Waals surface area contributed by atoms with Gasteiger partial charge in [-0.2, -0.15) is 5.26 Å². The summed E-state index contributed by atoms with van der Waals surface area (Å²) < 4.78 is 0. The van der Waals surface area contributed by atoms with E-state index in [0.29, 0.717) is 16.7 Å². The van der Waals surface area contributed by atoms with Crippen LogP contribution in [0.4, 0.5) is 0 Å². The second-order valence-corrected chi connectivity index (χ2v) is 4.23. The highest BCUT2D eigenvalue weighted by Crippen LogP contribution is 2.05. The van der Waals surface area contributed by atoms with Crippen molar-refractivity contribution in [1.29, 1.82) is 5.26 Å². The molecule has 0 atom stereocenters. The Morgan fingerprint density at radius 3 is 2.71 bits per heavy atom. The normalized spacial score (nSPS) is 9.67. The third-order valence-corrected chi connectivity index (χ3v) is 2.75. The lowest BCUT2D eigenvalue weighted by molar-refractivity contribution is 0.0690. The first-order valence-electron chi connectivity index (χ1n) is 6.07. The van der Waals surface area contributed by atoms with Crippen LogP contribution in [0.25, 0.3) is 0 Å². The number of carboxylic acids is 1. The highest BCUT2D eigenvalue weighted by atomic mass is 16.4. The molecule has 0 saturated carbocycles. The first-order valence-corrected chi connectivity index (χ1v) is 6.07. The second kappa shape index (κ2) is 6.30. The first-order chi connectivity index (χ1) is 10.1. The van der Waals surface area contributed by atoms with Crippen molar-refractivity contribution >= 4 is 11.9 Å². The van der Waals surface area contributed by atoms with E-state index in [1.807, 2.05) is 6.07 Å². The Bertz CT molecular complexity index is 718. The van der Waals surface area contributed by atoms with E-state index in [0.717, 1.165) is 0 Å². The molecule has 1 aromatic heterocycles. The SMILES string of the molecule is N#Cc1cccc(C(=O)NCc2ccc(C(=O)O)nc2)c1. The number of hydrogen-bond acceptors (Lipinski definition) is 4. The molecule has 6 nitrogen and oxygen atoms in total. The van der Waals surface area contributed by atoms with E-state index in [4.69, 9.17) is 10.4 Å².